The van der Waals surface area contributed by atoms with E-state index in [0.717, 1.165) is 5.56 Å². The number of thiazole rings is 1. The van der Waals surface area contributed by atoms with Gasteiger partial charge in [-0.2, -0.15) is 0 Å². The number of halogens is 2. The van der Waals surface area contributed by atoms with E-state index >= 15 is 0 Å². The summed E-state index contributed by atoms with van der Waals surface area (Å²) in [6.07, 6.45) is 1.75. The normalized spacial score (nSPS) is 15.1. The summed E-state index contributed by atoms with van der Waals surface area (Å²) in [6.45, 7) is 4.23. The van der Waals surface area contributed by atoms with Crippen molar-refractivity contribution in [3.05, 3.63) is 118 Å². The van der Waals surface area contributed by atoms with Crippen LogP contribution in [0.3, 0.4) is 0 Å². The number of carbonyl (C=O) groups is 1. The van der Waals surface area contributed by atoms with Crippen molar-refractivity contribution in [2.75, 3.05) is 11.9 Å². The van der Waals surface area contributed by atoms with Gasteiger partial charge >= 0.3 is 0 Å². The van der Waals surface area contributed by atoms with Gasteiger partial charge in [0, 0.05) is 5.69 Å². The highest BCUT2D eigenvalue weighted by molar-refractivity contribution is 9.11. The molecule has 2 heterocycles. The number of fused-ring (bicyclic) bond motifs is 1. The van der Waals surface area contributed by atoms with Crippen LogP contribution in [0, 0.1) is 0 Å². The summed E-state index contributed by atoms with van der Waals surface area (Å²) in [4.78, 5) is 32.7. The van der Waals surface area contributed by atoms with Crippen LogP contribution in [-0.2, 0) is 4.79 Å². The van der Waals surface area contributed by atoms with E-state index in [9.17, 15) is 14.7 Å². The molecule has 2 N–H and O–H groups in total. The van der Waals surface area contributed by atoms with E-state index in [1.165, 1.54) is 11.3 Å². The van der Waals surface area contributed by atoms with Crippen LogP contribution in [0.25, 0.3) is 6.08 Å². The predicted molar refractivity (Wildman–Crippen MR) is 160 cm³/mol. The molecule has 0 spiro atoms. The highest BCUT2D eigenvalue weighted by Gasteiger charge is 2.32. The number of benzene rings is 3. The number of phenols is 1. The Balaban J connectivity index is 1.67. The quantitative estimate of drug-likeness (QED) is 0.284. The molecular weight excluding hydrogens is 646 g/mol. The van der Waals surface area contributed by atoms with Crippen LogP contribution >= 0.6 is 43.2 Å². The van der Waals surface area contributed by atoms with E-state index in [0.29, 0.717) is 53.2 Å². The summed E-state index contributed by atoms with van der Waals surface area (Å²) in [7, 11) is 0. The van der Waals surface area contributed by atoms with Crippen molar-refractivity contribution in [2.45, 2.75) is 19.9 Å². The third kappa shape index (κ3) is 5.50. The average molecular weight is 669 g/mol. The van der Waals surface area contributed by atoms with Crippen molar-refractivity contribution in [3.63, 3.8) is 0 Å². The zero-order valence-electron chi connectivity index (χ0n) is 20.9. The second-order valence-corrected chi connectivity index (χ2v) is 11.5. The minimum Gasteiger partial charge on any atom is -0.506 e. The number of ether oxygens (including phenoxy) is 1. The van der Waals surface area contributed by atoms with Crippen LogP contribution in [0.15, 0.2) is 96.7 Å². The zero-order chi connectivity index (χ0) is 27.7. The molecule has 0 unspecified atom stereocenters. The smallest absolute Gasteiger partial charge is 0.271 e. The van der Waals surface area contributed by atoms with Crippen LogP contribution in [0.2, 0.25) is 0 Å². The topological polar surface area (TPSA) is 92.9 Å². The lowest BCUT2D eigenvalue weighted by Gasteiger charge is -2.25. The van der Waals surface area contributed by atoms with Crippen LogP contribution in [0.4, 0.5) is 5.69 Å². The lowest BCUT2D eigenvalue weighted by molar-refractivity contribution is -0.113. The number of hydrogen-bond donors (Lipinski definition) is 2. The molecule has 0 aliphatic carbocycles. The molecule has 198 valence electrons. The van der Waals surface area contributed by atoms with Crippen molar-refractivity contribution in [1.29, 1.82) is 0 Å². The summed E-state index contributed by atoms with van der Waals surface area (Å²) >= 11 is 7.93. The van der Waals surface area contributed by atoms with E-state index < -0.39 is 6.04 Å². The minimum absolute atomic E-state index is 0.0776. The molecule has 0 bridgehead atoms. The molecule has 1 amide bonds. The molecule has 39 heavy (non-hydrogen) atoms. The Morgan fingerprint density at radius 2 is 1.79 bits per heavy atom. The Labute approximate surface area is 245 Å². The van der Waals surface area contributed by atoms with Gasteiger partial charge in [-0.1, -0.05) is 41.7 Å². The number of anilines is 1. The van der Waals surface area contributed by atoms with Gasteiger partial charge in [0.2, 0.25) is 0 Å². The van der Waals surface area contributed by atoms with Crippen LogP contribution in [0.1, 0.15) is 31.0 Å². The first-order chi connectivity index (χ1) is 18.8. The van der Waals surface area contributed by atoms with Gasteiger partial charge in [-0.25, -0.2) is 4.99 Å². The lowest BCUT2D eigenvalue weighted by Crippen LogP contribution is -2.40. The molecule has 4 aromatic rings. The SMILES string of the molecule is CCOc1ccc([C@@H]2C(C(=O)Nc3ccccc3)=C(C)N=c3s/c(=C\c4cc(Br)c(O)c(Br)c4)c(=O)n32)cc1. The van der Waals surface area contributed by atoms with Crippen LogP contribution in [0.5, 0.6) is 11.5 Å². The monoisotopic (exact) mass is 667 g/mol. The number of aromatic nitrogens is 1. The van der Waals surface area contributed by atoms with E-state index in [2.05, 4.69) is 42.2 Å². The molecule has 5 rings (SSSR count). The number of carbonyl (C=O) groups excluding carboxylic acids is 1. The fourth-order valence-corrected chi connectivity index (χ4v) is 6.65. The summed E-state index contributed by atoms with van der Waals surface area (Å²) in [5, 5.41) is 13.0. The number of phenolic OH excluding ortho intramolecular Hbond substituents is 1. The molecule has 0 radical (unpaired) electrons. The zero-order valence-corrected chi connectivity index (χ0v) is 24.9. The Morgan fingerprint density at radius 1 is 1.13 bits per heavy atom. The van der Waals surface area contributed by atoms with Gasteiger partial charge < -0.3 is 15.2 Å². The Hall–Kier alpha value is -3.47. The maximum atomic E-state index is 13.9. The molecule has 10 heteroatoms. The number of nitrogens with one attached hydrogen (secondary N) is 1. The third-order valence-electron chi connectivity index (χ3n) is 6.14. The summed E-state index contributed by atoms with van der Waals surface area (Å²) in [6, 6.07) is 19.4. The van der Waals surface area contributed by atoms with Gasteiger partial charge in [0.15, 0.2) is 4.80 Å². The standard InChI is InChI=1S/C29H23Br2N3O4S/c1-3-38-20-11-9-18(10-12-20)25-24(27(36)33-19-7-5-4-6-8-19)16(2)32-29-34(25)28(37)23(39-29)15-17-13-21(30)26(35)22(31)14-17/h4-15,25,35H,3H2,1-2H3,(H,33,36)/b23-15-/t25-/m1/s1. The predicted octanol–water partition coefficient (Wildman–Crippen LogP) is 5.50. The minimum atomic E-state index is -0.693. The third-order valence-corrected chi connectivity index (χ3v) is 8.33. The number of allylic oxidation sites excluding steroid dienone is 1. The van der Waals surface area contributed by atoms with Crippen molar-refractivity contribution in [1.82, 2.24) is 4.57 Å². The second-order valence-electron chi connectivity index (χ2n) is 8.74. The number of nitrogens with zero attached hydrogens (tertiary/aromatic N) is 2. The number of para-hydroxylation sites is 1. The Kier molecular flexibility index (Phi) is 7.88. The van der Waals surface area contributed by atoms with Crippen molar-refractivity contribution in [3.8, 4) is 11.5 Å². The maximum Gasteiger partial charge on any atom is 0.271 e. The summed E-state index contributed by atoms with van der Waals surface area (Å²) in [5.74, 6) is 0.448. The first kappa shape index (κ1) is 27.1. The van der Waals surface area contributed by atoms with E-state index in [4.69, 9.17) is 4.74 Å². The fraction of sp³-hybridized carbons (Fsp3) is 0.138. The molecular formula is C29H23Br2N3O4S. The second kappa shape index (κ2) is 11.3. The average Bonchev–Trinajstić information content (AvgIpc) is 3.21. The highest BCUT2D eigenvalue weighted by Crippen LogP contribution is 2.34. The van der Waals surface area contributed by atoms with E-state index in [-0.39, 0.29) is 17.2 Å². The highest BCUT2D eigenvalue weighted by atomic mass is 79.9. The number of rotatable bonds is 6. The van der Waals surface area contributed by atoms with Gasteiger partial charge in [-0.3, -0.25) is 14.2 Å². The van der Waals surface area contributed by atoms with Gasteiger partial charge in [-0.15, -0.1) is 0 Å². The number of amides is 1. The van der Waals surface area contributed by atoms with Crippen molar-refractivity contribution in [2.24, 2.45) is 4.99 Å². The molecule has 0 fully saturated rings. The van der Waals surface area contributed by atoms with Crippen LogP contribution < -0.4 is 24.9 Å². The number of hydrogen-bond acceptors (Lipinski definition) is 6. The number of aromatic hydroxyl groups is 1. The first-order valence-corrected chi connectivity index (χ1v) is 14.5. The molecule has 1 atom stereocenters. The molecule has 1 aromatic heterocycles. The fourth-order valence-electron chi connectivity index (χ4n) is 4.38. The molecule has 0 saturated heterocycles. The summed E-state index contributed by atoms with van der Waals surface area (Å²) in [5.41, 5.74) is 2.77. The summed E-state index contributed by atoms with van der Waals surface area (Å²) < 4.78 is 8.63. The maximum absolute atomic E-state index is 13.9. The lowest BCUT2D eigenvalue weighted by atomic mass is 9.95. The van der Waals surface area contributed by atoms with Gasteiger partial charge in [0.05, 0.1) is 37.4 Å². The first-order valence-electron chi connectivity index (χ1n) is 12.1. The Bertz CT molecular complexity index is 1750. The van der Waals surface area contributed by atoms with Crippen molar-refractivity contribution < 1.29 is 14.6 Å². The van der Waals surface area contributed by atoms with Gasteiger partial charge in [-0.05, 0) is 99.3 Å². The Morgan fingerprint density at radius 3 is 2.44 bits per heavy atom. The molecule has 3 aromatic carbocycles. The van der Waals surface area contributed by atoms with Gasteiger partial charge in [0.1, 0.15) is 11.5 Å². The van der Waals surface area contributed by atoms with E-state index in [1.807, 2.05) is 61.5 Å². The van der Waals surface area contributed by atoms with Crippen molar-refractivity contribution >= 4 is 60.9 Å². The van der Waals surface area contributed by atoms with Crippen LogP contribution in [-0.4, -0.2) is 22.2 Å². The molecule has 1 aliphatic rings. The molecule has 1 aliphatic heterocycles. The van der Waals surface area contributed by atoms with Gasteiger partial charge in [0.25, 0.3) is 11.5 Å². The molecule has 7 nitrogen and oxygen atoms in total. The largest absolute Gasteiger partial charge is 0.506 e. The van der Waals surface area contributed by atoms with E-state index in [1.54, 1.807) is 29.7 Å². The molecule has 0 saturated carbocycles.